The van der Waals surface area contributed by atoms with E-state index in [4.69, 9.17) is 9.72 Å². The van der Waals surface area contributed by atoms with Crippen LogP contribution in [0, 0.1) is 0 Å². The molecule has 3 aromatic rings. The number of methoxy groups -OCH3 is 1. The van der Waals surface area contributed by atoms with Crippen molar-refractivity contribution in [3.8, 4) is 5.75 Å². The summed E-state index contributed by atoms with van der Waals surface area (Å²) in [5.74, 6) is 2.50. The molecule has 1 aliphatic carbocycles. The molecule has 128 valence electrons. The molecule has 4 rings (SSSR count). The summed E-state index contributed by atoms with van der Waals surface area (Å²) in [7, 11) is 3.69. The highest BCUT2D eigenvalue weighted by Gasteiger charge is 2.28. The number of amides is 1. The molecule has 0 unspecified atom stereocenters. The van der Waals surface area contributed by atoms with Crippen molar-refractivity contribution in [3.05, 3.63) is 53.9 Å². The van der Waals surface area contributed by atoms with E-state index in [1.165, 1.54) is 12.8 Å². The van der Waals surface area contributed by atoms with E-state index in [9.17, 15) is 4.79 Å². The minimum absolute atomic E-state index is 0.0390. The number of ether oxygens (including phenoxy) is 1. The zero-order valence-electron chi connectivity index (χ0n) is 14.5. The number of rotatable bonds is 5. The van der Waals surface area contributed by atoms with E-state index in [2.05, 4.69) is 16.9 Å². The van der Waals surface area contributed by atoms with E-state index in [1.54, 1.807) is 7.11 Å². The first-order chi connectivity index (χ1) is 12.1. The molecule has 1 aliphatic rings. The standard InChI is InChI=1S/C20H21N3O2/c1-23-18-10-7-15(12-17(18)22-20(23)14-5-6-14)21-19(24)11-13-3-8-16(25-2)9-4-13/h3-4,7-10,12,14H,5-6,11H2,1-2H3,(H,21,24). The van der Waals surface area contributed by atoms with E-state index in [0.29, 0.717) is 12.3 Å². The fourth-order valence-corrected chi connectivity index (χ4v) is 3.14. The van der Waals surface area contributed by atoms with Gasteiger partial charge in [0.25, 0.3) is 0 Å². The molecule has 1 fully saturated rings. The van der Waals surface area contributed by atoms with Gasteiger partial charge in [0.1, 0.15) is 11.6 Å². The Balaban J connectivity index is 1.48. The highest BCUT2D eigenvalue weighted by molar-refractivity contribution is 5.94. The van der Waals surface area contributed by atoms with Crippen LogP contribution in [0.15, 0.2) is 42.5 Å². The van der Waals surface area contributed by atoms with Gasteiger partial charge in [-0.25, -0.2) is 4.98 Å². The number of hydrogen-bond donors (Lipinski definition) is 1. The van der Waals surface area contributed by atoms with E-state index >= 15 is 0 Å². The lowest BCUT2D eigenvalue weighted by Gasteiger charge is -2.06. The molecule has 5 heteroatoms. The van der Waals surface area contributed by atoms with Crippen LogP contribution in [0.25, 0.3) is 11.0 Å². The Bertz CT molecular complexity index is 924. The molecule has 25 heavy (non-hydrogen) atoms. The first kappa shape index (κ1) is 15.7. The molecule has 5 nitrogen and oxygen atoms in total. The van der Waals surface area contributed by atoms with Crippen LogP contribution in [-0.4, -0.2) is 22.6 Å². The summed E-state index contributed by atoms with van der Waals surface area (Å²) in [5, 5.41) is 2.97. The number of imidazole rings is 1. The fraction of sp³-hybridized carbons (Fsp3) is 0.300. The first-order valence-corrected chi connectivity index (χ1v) is 8.53. The van der Waals surface area contributed by atoms with Crippen LogP contribution in [0.2, 0.25) is 0 Å². The number of nitrogens with one attached hydrogen (secondary N) is 1. The summed E-state index contributed by atoms with van der Waals surface area (Å²) in [6.45, 7) is 0. The number of carbonyl (C=O) groups excluding carboxylic acids is 1. The lowest BCUT2D eigenvalue weighted by molar-refractivity contribution is -0.115. The third-order valence-corrected chi connectivity index (χ3v) is 4.67. The predicted molar refractivity (Wildman–Crippen MR) is 98.0 cm³/mol. The molecule has 0 atom stereocenters. The normalized spacial score (nSPS) is 13.8. The van der Waals surface area contributed by atoms with Crippen molar-refractivity contribution in [3.63, 3.8) is 0 Å². The van der Waals surface area contributed by atoms with Gasteiger partial charge in [0, 0.05) is 18.7 Å². The molecule has 2 aromatic carbocycles. The summed E-state index contributed by atoms with van der Waals surface area (Å²) < 4.78 is 7.30. The van der Waals surface area contributed by atoms with Crippen LogP contribution in [0.3, 0.4) is 0 Å². The third kappa shape index (κ3) is 3.22. The second kappa shape index (κ2) is 6.24. The topological polar surface area (TPSA) is 56.1 Å². The van der Waals surface area contributed by atoms with Gasteiger partial charge in [-0.15, -0.1) is 0 Å². The molecule has 0 bridgehead atoms. The van der Waals surface area contributed by atoms with Crippen molar-refractivity contribution in [2.75, 3.05) is 12.4 Å². The lowest BCUT2D eigenvalue weighted by atomic mass is 10.1. The Hall–Kier alpha value is -2.82. The van der Waals surface area contributed by atoms with E-state index < -0.39 is 0 Å². The largest absolute Gasteiger partial charge is 0.497 e. The number of carbonyl (C=O) groups is 1. The molecule has 0 radical (unpaired) electrons. The van der Waals surface area contributed by atoms with Gasteiger partial charge >= 0.3 is 0 Å². The Labute approximate surface area is 146 Å². The zero-order valence-corrected chi connectivity index (χ0v) is 14.5. The van der Waals surface area contributed by atoms with Crippen molar-refractivity contribution in [1.82, 2.24) is 9.55 Å². The Kier molecular flexibility index (Phi) is 3.92. The lowest BCUT2D eigenvalue weighted by Crippen LogP contribution is -2.14. The Morgan fingerprint density at radius 2 is 2.00 bits per heavy atom. The maximum atomic E-state index is 12.3. The number of aromatic nitrogens is 2. The SMILES string of the molecule is COc1ccc(CC(=O)Nc2ccc3c(c2)nc(C2CC2)n3C)cc1. The quantitative estimate of drug-likeness (QED) is 0.774. The molecule has 1 heterocycles. The molecular weight excluding hydrogens is 314 g/mol. The van der Waals surface area contributed by atoms with E-state index in [0.717, 1.165) is 33.9 Å². The average molecular weight is 335 g/mol. The third-order valence-electron chi connectivity index (χ3n) is 4.67. The maximum Gasteiger partial charge on any atom is 0.228 e. The number of benzene rings is 2. The number of aryl methyl sites for hydroxylation is 1. The first-order valence-electron chi connectivity index (χ1n) is 8.53. The molecule has 0 saturated heterocycles. The van der Waals surface area contributed by atoms with Crippen molar-refractivity contribution in [1.29, 1.82) is 0 Å². The number of fused-ring (bicyclic) bond motifs is 1. The molecule has 0 aliphatic heterocycles. The molecule has 1 aromatic heterocycles. The van der Waals surface area contributed by atoms with Crippen LogP contribution in [0.5, 0.6) is 5.75 Å². The van der Waals surface area contributed by atoms with Crippen LogP contribution >= 0.6 is 0 Å². The summed E-state index contributed by atoms with van der Waals surface area (Å²) in [4.78, 5) is 17.0. The van der Waals surface area contributed by atoms with Gasteiger partial charge in [0.2, 0.25) is 5.91 Å². The number of anilines is 1. The molecule has 1 amide bonds. The van der Waals surface area contributed by atoms with E-state index in [1.807, 2.05) is 42.5 Å². The second-order valence-corrected chi connectivity index (χ2v) is 6.58. The van der Waals surface area contributed by atoms with Gasteiger partial charge in [-0.3, -0.25) is 4.79 Å². The maximum absolute atomic E-state index is 12.3. The average Bonchev–Trinajstić information content (AvgIpc) is 3.40. The van der Waals surface area contributed by atoms with Crippen molar-refractivity contribution >= 4 is 22.6 Å². The second-order valence-electron chi connectivity index (χ2n) is 6.58. The number of nitrogens with zero attached hydrogens (tertiary/aromatic N) is 2. The number of hydrogen-bond acceptors (Lipinski definition) is 3. The Morgan fingerprint density at radius 1 is 1.24 bits per heavy atom. The van der Waals surface area contributed by atoms with Crippen molar-refractivity contribution in [2.45, 2.75) is 25.2 Å². The van der Waals surface area contributed by atoms with Gasteiger partial charge < -0.3 is 14.6 Å². The van der Waals surface area contributed by atoms with Gasteiger partial charge in [0.05, 0.1) is 24.6 Å². The van der Waals surface area contributed by atoms with E-state index in [-0.39, 0.29) is 5.91 Å². The summed E-state index contributed by atoms with van der Waals surface area (Å²) in [5.41, 5.74) is 3.78. The summed E-state index contributed by atoms with van der Waals surface area (Å²) >= 11 is 0. The zero-order chi connectivity index (χ0) is 17.4. The molecule has 0 spiro atoms. The van der Waals surface area contributed by atoms with Gasteiger partial charge in [-0.05, 0) is 48.7 Å². The van der Waals surface area contributed by atoms with Gasteiger partial charge in [-0.1, -0.05) is 12.1 Å². The minimum atomic E-state index is -0.0390. The fourth-order valence-electron chi connectivity index (χ4n) is 3.14. The monoisotopic (exact) mass is 335 g/mol. The molecule has 1 saturated carbocycles. The predicted octanol–water partition coefficient (Wildman–Crippen LogP) is 3.64. The van der Waals surface area contributed by atoms with Crippen molar-refractivity contribution in [2.24, 2.45) is 7.05 Å². The highest BCUT2D eigenvalue weighted by Crippen LogP contribution is 2.40. The van der Waals surface area contributed by atoms with Crippen LogP contribution in [0.1, 0.15) is 30.1 Å². The molecule has 1 N–H and O–H groups in total. The Morgan fingerprint density at radius 3 is 2.68 bits per heavy atom. The van der Waals surface area contributed by atoms with Gasteiger partial charge in [0.15, 0.2) is 0 Å². The van der Waals surface area contributed by atoms with Crippen LogP contribution < -0.4 is 10.1 Å². The smallest absolute Gasteiger partial charge is 0.228 e. The van der Waals surface area contributed by atoms with Gasteiger partial charge in [-0.2, -0.15) is 0 Å². The minimum Gasteiger partial charge on any atom is -0.497 e. The van der Waals surface area contributed by atoms with Crippen molar-refractivity contribution < 1.29 is 9.53 Å². The van der Waals surface area contributed by atoms with Crippen LogP contribution in [0.4, 0.5) is 5.69 Å². The summed E-state index contributed by atoms with van der Waals surface area (Å²) in [6.07, 6.45) is 2.78. The highest BCUT2D eigenvalue weighted by atomic mass is 16.5. The molecular formula is C20H21N3O2. The van der Waals surface area contributed by atoms with Crippen LogP contribution in [-0.2, 0) is 18.3 Å². The summed E-state index contributed by atoms with van der Waals surface area (Å²) in [6, 6.07) is 13.4.